The van der Waals surface area contributed by atoms with Gasteiger partial charge in [0.1, 0.15) is 4.90 Å². The van der Waals surface area contributed by atoms with Gasteiger partial charge in [-0.05, 0) is 61.4 Å². The number of carbonyl (C=O) groups excluding carboxylic acids is 1. The number of hydrogen-bond donors (Lipinski definition) is 2. The van der Waals surface area contributed by atoms with Crippen molar-refractivity contribution in [3.05, 3.63) is 82.4 Å². The molecule has 1 amide bonds. The predicted molar refractivity (Wildman–Crippen MR) is 129 cm³/mol. The number of aryl methyl sites for hydroxylation is 1. The molecular formula is C24H25ClN2O5S. The van der Waals surface area contributed by atoms with Crippen LogP contribution in [-0.4, -0.2) is 35.1 Å². The molecule has 0 bridgehead atoms. The van der Waals surface area contributed by atoms with E-state index in [2.05, 4.69) is 10.0 Å². The zero-order valence-electron chi connectivity index (χ0n) is 18.5. The summed E-state index contributed by atoms with van der Waals surface area (Å²) in [5.74, 6) is 0.827. The number of anilines is 1. The molecule has 0 spiro atoms. The normalized spacial score (nSPS) is 11.0. The fraction of sp³-hybridized carbons (Fsp3) is 0.208. The Kier molecular flexibility index (Phi) is 7.84. The Morgan fingerprint density at radius 3 is 2.30 bits per heavy atom. The second kappa shape index (κ2) is 10.6. The maximum Gasteiger partial charge on any atom is 0.263 e. The summed E-state index contributed by atoms with van der Waals surface area (Å²) >= 11 is 6.14. The Labute approximate surface area is 198 Å². The molecule has 9 heteroatoms. The van der Waals surface area contributed by atoms with Crippen LogP contribution in [0.2, 0.25) is 5.02 Å². The Bertz CT molecular complexity index is 1240. The SMILES string of the molecule is COc1ccc(CCNC(=O)c2ccc(Cl)c(S(=O)(=O)Nc3ccc(C)cc3)c2)cc1OC. The third kappa shape index (κ3) is 6.18. The third-order valence-electron chi connectivity index (χ3n) is 4.93. The van der Waals surface area contributed by atoms with Gasteiger partial charge in [-0.2, -0.15) is 0 Å². The Balaban J connectivity index is 1.69. The highest BCUT2D eigenvalue weighted by atomic mass is 35.5. The molecule has 0 aliphatic heterocycles. The number of halogens is 1. The lowest BCUT2D eigenvalue weighted by atomic mass is 10.1. The van der Waals surface area contributed by atoms with Crippen LogP contribution in [0.1, 0.15) is 21.5 Å². The molecular weight excluding hydrogens is 464 g/mol. The molecule has 3 rings (SSSR count). The van der Waals surface area contributed by atoms with Gasteiger partial charge in [-0.1, -0.05) is 35.4 Å². The predicted octanol–water partition coefficient (Wildman–Crippen LogP) is 4.44. The number of carbonyl (C=O) groups is 1. The first-order valence-corrected chi connectivity index (χ1v) is 12.0. The van der Waals surface area contributed by atoms with Crippen LogP contribution in [0.4, 0.5) is 5.69 Å². The molecule has 0 radical (unpaired) electrons. The van der Waals surface area contributed by atoms with E-state index in [0.29, 0.717) is 30.2 Å². The molecule has 0 unspecified atom stereocenters. The van der Waals surface area contributed by atoms with E-state index in [1.165, 1.54) is 18.2 Å². The quantitative estimate of drug-likeness (QED) is 0.464. The monoisotopic (exact) mass is 488 g/mol. The lowest BCUT2D eigenvalue weighted by Crippen LogP contribution is -2.26. The van der Waals surface area contributed by atoms with Crippen molar-refractivity contribution in [1.82, 2.24) is 5.32 Å². The van der Waals surface area contributed by atoms with Gasteiger partial charge in [0, 0.05) is 17.8 Å². The number of methoxy groups -OCH3 is 2. The lowest BCUT2D eigenvalue weighted by Gasteiger charge is -2.12. The zero-order chi connectivity index (χ0) is 24.0. The minimum absolute atomic E-state index is 0.0245. The van der Waals surface area contributed by atoms with E-state index in [4.69, 9.17) is 21.1 Å². The van der Waals surface area contributed by atoms with Crippen LogP contribution in [0.15, 0.2) is 65.6 Å². The van der Waals surface area contributed by atoms with Gasteiger partial charge in [-0.25, -0.2) is 8.42 Å². The molecule has 0 fully saturated rings. The molecule has 0 aliphatic carbocycles. The number of ether oxygens (including phenoxy) is 2. The van der Waals surface area contributed by atoms with Crippen LogP contribution < -0.4 is 19.5 Å². The molecule has 0 saturated carbocycles. The van der Waals surface area contributed by atoms with E-state index >= 15 is 0 Å². The minimum Gasteiger partial charge on any atom is -0.493 e. The largest absolute Gasteiger partial charge is 0.493 e. The van der Waals surface area contributed by atoms with Gasteiger partial charge in [0.25, 0.3) is 15.9 Å². The molecule has 7 nitrogen and oxygen atoms in total. The standard InChI is InChI=1S/C24H25ClN2O5S/c1-16-4-8-19(9-5-16)27-33(29,30)23-15-18(7-10-20(23)25)24(28)26-13-12-17-6-11-21(31-2)22(14-17)32-3/h4-11,14-15,27H,12-13H2,1-3H3,(H,26,28). The molecule has 0 atom stereocenters. The first-order chi connectivity index (χ1) is 15.7. The molecule has 2 N–H and O–H groups in total. The highest BCUT2D eigenvalue weighted by molar-refractivity contribution is 7.92. The number of hydrogen-bond acceptors (Lipinski definition) is 5. The molecule has 33 heavy (non-hydrogen) atoms. The molecule has 3 aromatic carbocycles. The Morgan fingerprint density at radius 1 is 0.939 bits per heavy atom. The van der Waals surface area contributed by atoms with Crippen molar-refractivity contribution >= 4 is 33.2 Å². The second-order valence-electron chi connectivity index (χ2n) is 7.31. The summed E-state index contributed by atoms with van der Waals surface area (Å²) in [6, 6.07) is 16.6. The van der Waals surface area contributed by atoms with Crippen LogP contribution >= 0.6 is 11.6 Å². The first kappa shape index (κ1) is 24.4. The van der Waals surface area contributed by atoms with E-state index in [1.54, 1.807) is 44.6 Å². The third-order valence-corrected chi connectivity index (χ3v) is 6.80. The van der Waals surface area contributed by atoms with Crippen LogP contribution in [0.3, 0.4) is 0 Å². The summed E-state index contributed by atoms with van der Waals surface area (Å²) in [6.45, 7) is 2.25. The zero-order valence-corrected chi connectivity index (χ0v) is 20.1. The van der Waals surface area contributed by atoms with E-state index in [0.717, 1.165) is 11.1 Å². The van der Waals surface area contributed by atoms with Crippen LogP contribution in [-0.2, 0) is 16.4 Å². The number of benzene rings is 3. The van der Waals surface area contributed by atoms with Crippen molar-refractivity contribution in [2.75, 3.05) is 25.5 Å². The van der Waals surface area contributed by atoms with Gasteiger partial charge in [0.2, 0.25) is 0 Å². The van der Waals surface area contributed by atoms with Gasteiger partial charge in [-0.15, -0.1) is 0 Å². The fourth-order valence-electron chi connectivity index (χ4n) is 3.14. The maximum absolute atomic E-state index is 12.8. The van der Waals surface area contributed by atoms with Crippen molar-refractivity contribution in [2.24, 2.45) is 0 Å². The summed E-state index contributed by atoms with van der Waals surface area (Å²) in [6.07, 6.45) is 0.555. The van der Waals surface area contributed by atoms with Gasteiger partial charge in [-0.3, -0.25) is 9.52 Å². The summed E-state index contributed by atoms with van der Waals surface area (Å²) in [5, 5.41) is 2.82. The van der Waals surface area contributed by atoms with Crippen molar-refractivity contribution in [1.29, 1.82) is 0 Å². The topological polar surface area (TPSA) is 93.7 Å². The highest BCUT2D eigenvalue weighted by Crippen LogP contribution is 2.28. The molecule has 0 heterocycles. The molecule has 0 aliphatic rings. The summed E-state index contributed by atoms with van der Waals surface area (Å²) in [5.41, 5.74) is 2.55. The molecule has 3 aromatic rings. The number of rotatable bonds is 9. The van der Waals surface area contributed by atoms with Gasteiger partial charge < -0.3 is 14.8 Å². The van der Waals surface area contributed by atoms with E-state index in [9.17, 15) is 13.2 Å². The summed E-state index contributed by atoms with van der Waals surface area (Å²) in [7, 11) is -0.855. The summed E-state index contributed by atoms with van der Waals surface area (Å²) in [4.78, 5) is 12.5. The molecule has 0 saturated heterocycles. The van der Waals surface area contributed by atoms with E-state index < -0.39 is 15.9 Å². The van der Waals surface area contributed by atoms with Crippen LogP contribution in [0, 0.1) is 6.92 Å². The van der Waals surface area contributed by atoms with Crippen molar-refractivity contribution in [3.8, 4) is 11.5 Å². The van der Waals surface area contributed by atoms with Crippen molar-refractivity contribution < 1.29 is 22.7 Å². The van der Waals surface area contributed by atoms with Crippen LogP contribution in [0.25, 0.3) is 0 Å². The van der Waals surface area contributed by atoms with E-state index in [1.807, 2.05) is 19.1 Å². The lowest BCUT2D eigenvalue weighted by molar-refractivity contribution is 0.0954. The highest BCUT2D eigenvalue weighted by Gasteiger charge is 2.20. The Hall–Kier alpha value is -3.23. The number of amides is 1. The smallest absolute Gasteiger partial charge is 0.263 e. The Morgan fingerprint density at radius 2 is 1.64 bits per heavy atom. The first-order valence-electron chi connectivity index (χ1n) is 10.1. The maximum atomic E-state index is 12.8. The second-order valence-corrected chi connectivity index (χ2v) is 9.37. The van der Waals surface area contributed by atoms with Gasteiger partial charge in [0.15, 0.2) is 11.5 Å². The minimum atomic E-state index is -3.98. The van der Waals surface area contributed by atoms with Crippen molar-refractivity contribution in [3.63, 3.8) is 0 Å². The fourth-order valence-corrected chi connectivity index (χ4v) is 4.73. The van der Waals surface area contributed by atoms with Gasteiger partial charge >= 0.3 is 0 Å². The number of nitrogens with one attached hydrogen (secondary N) is 2. The average molecular weight is 489 g/mol. The van der Waals surface area contributed by atoms with Crippen LogP contribution in [0.5, 0.6) is 11.5 Å². The summed E-state index contributed by atoms with van der Waals surface area (Å²) < 4.78 is 38.7. The molecule has 174 valence electrons. The van der Waals surface area contributed by atoms with E-state index in [-0.39, 0.29) is 15.5 Å². The van der Waals surface area contributed by atoms with Crippen molar-refractivity contribution in [2.45, 2.75) is 18.2 Å². The average Bonchev–Trinajstić information content (AvgIpc) is 2.80. The number of sulfonamides is 1. The van der Waals surface area contributed by atoms with Gasteiger partial charge in [0.05, 0.1) is 19.2 Å². The molecule has 0 aromatic heterocycles.